The van der Waals surface area contributed by atoms with E-state index in [2.05, 4.69) is 9.88 Å². The fraction of sp³-hybridized carbons (Fsp3) is 0.167. The molecule has 0 fully saturated rings. The Labute approximate surface area is 109 Å². The zero-order valence-corrected chi connectivity index (χ0v) is 10.8. The highest BCUT2D eigenvalue weighted by molar-refractivity contribution is 7.16. The molecule has 0 aliphatic heterocycles. The van der Waals surface area contributed by atoms with Crippen molar-refractivity contribution in [2.24, 2.45) is 0 Å². The summed E-state index contributed by atoms with van der Waals surface area (Å²) >= 11 is 7.45. The van der Waals surface area contributed by atoms with E-state index in [-0.39, 0.29) is 0 Å². The molecule has 0 aromatic carbocycles. The first-order chi connectivity index (χ1) is 8.19. The number of nitrogens with zero attached hydrogens (tertiary/aromatic N) is 3. The number of halogens is 1. The van der Waals surface area contributed by atoms with Gasteiger partial charge in [-0.3, -0.25) is 0 Å². The zero-order valence-electron chi connectivity index (χ0n) is 9.22. The Bertz CT molecular complexity index is 542. The lowest BCUT2D eigenvalue weighted by Crippen LogP contribution is -2.15. The van der Waals surface area contributed by atoms with Crippen LogP contribution in [0.4, 0.5) is 5.69 Å². The van der Waals surface area contributed by atoms with Crippen molar-refractivity contribution in [2.45, 2.75) is 6.54 Å². The Balaban J connectivity index is 2.09. The van der Waals surface area contributed by atoms with Gasteiger partial charge in [-0.15, -0.1) is 11.3 Å². The number of hydrogen-bond donors (Lipinski definition) is 0. The lowest BCUT2D eigenvalue weighted by Gasteiger charge is -2.17. The second-order valence-corrected chi connectivity index (χ2v) is 5.37. The van der Waals surface area contributed by atoms with Gasteiger partial charge < -0.3 is 4.90 Å². The van der Waals surface area contributed by atoms with Crippen LogP contribution in [0, 0.1) is 11.3 Å². The average molecular weight is 264 g/mol. The third-order valence-electron chi connectivity index (χ3n) is 2.33. The van der Waals surface area contributed by atoms with Crippen LogP contribution in [-0.2, 0) is 6.54 Å². The standard InChI is InChI=1S/C12H10ClN3S/c1-16(8-11-4-5-12(13)17-11)10-3-2-9(6-14)15-7-10/h2-5,7H,8H2,1H3. The predicted octanol–water partition coefficient (Wildman–Crippen LogP) is 3.30. The summed E-state index contributed by atoms with van der Waals surface area (Å²) in [5, 5.41) is 8.67. The Kier molecular flexibility index (Phi) is 3.62. The summed E-state index contributed by atoms with van der Waals surface area (Å²) in [4.78, 5) is 7.30. The molecule has 5 heteroatoms. The van der Waals surface area contributed by atoms with Crippen LogP contribution in [0.3, 0.4) is 0 Å². The minimum Gasteiger partial charge on any atom is -0.368 e. The normalized spacial score (nSPS) is 9.94. The van der Waals surface area contributed by atoms with E-state index in [1.54, 1.807) is 23.6 Å². The monoisotopic (exact) mass is 263 g/mol. The van der Waals surface area contributed by atoms with Crippen LogP contribution in [0.15, 0.2) is 30.5 Å². The molecule has 0 aliphatic carbocycles. The molecule has 3 nitrogen and oxygen atoms in total. The molecule has 2 aromatic heterocycles. The van der Waals surface area contributed by atoms with E-state index >= 15 is 0 Å². The lowest BCUT2D eigenvalue weighted by molar-refractivity contribution is 0.933. The van der Waals surface area contributed by atoms with Gasteiger partial charge in [0.05, 0.1) is 22.8 Å². The van der Waals surface area contributed by atoms with Crippen molar-refractivity contribution >= 4 is 28.6 Å². The number of nitriles is 1. The van der Waals surface area contributed by atoms with Crippen molar-refractivity contribution in [3.63, 3.8) is 0 Å². The quantitative estimate of drug-likeness (QED) is 0.853. The fourth-order valence-electron chi connectivity index (χ4n) is 1.44. The number of aromatic nitrogens is 1. The summed E-state index contributed by atoms with van der Waals surface area (Å²) in [7, 11) is 1.98. The minimum absolute atomic E-state index is 0.432. The molecule has 0 aliphatic rings. The first-order valence-corrected chi connectivity index (χ1v) is 6.20. The van der Waals surface area contributed by atoms with Gasteiger partial charge in [-0.1, -0.05) is 11.6 Å². The zero-order chi connectivity index (χ0) is 12.3. The summed E-state index contributed by atoms with van der Waals surface area (Å²) in [5.74, 6) is 0. The summed E-state index contributed by atoms with van der Waals surface area (Å²) in [6, 6.07) is 9.52. The highest BCUT2D eigenvalue weighted by Gasteiger charge is 2.05. The summed E-state index contributed by atoms with van der Waals surface area (Å²) in [6.45, 7) is 0.783. The molecule has 0 atom stereocenters. The number of thiophene rings is 1. The number of hydrogen-bond acceptors (Lipinski definition) is 4. The molecule has 2 rings (SSSR count). The van der Waals surface area contributed by atoms with Crippen molar-refractivity contribution in [2.75, 3.05) is 11.9 Å². The molecular formula is C12H10ClN3S. The molecule has 0 spiro atoms. The molecule has 0 saturated carbocycles. The largest absolute Gasteiger partial charge is 0.368 e. The smallest absolute Gasteiger partial charge is 0.140 e. The van der Waals surface area contributed by atoms with E-state index in [4.69, 9.17) is 16.9 Å². The molecule has 0 radical (unpaired) electrons. The molecule has 0 unspecified atom stereocenters. The summed E-state index contributed by atoms with van der Waals surface area (Å²) < 4.78 is 0.798. The Hall–Kier alpha value is -1.57. The van der Waals surface area contributed by atoms with E-state index in [0.717, 1.165) is 16.6 Å². The fourth-order valence-corrected chi connectivity index (χ4v) is 2.58. The van der Waals surface area contributed by atoms with Gasteiger partial charge in [0.2, 0.25) is 0 Å². The van der Waals surface area contributed by atoms with E-state index < -0.39 is 0 Å². The molecule has 0 saturated heterocycles. The molecule has 0 amide bonds. The number of anilines is 1. The SMILES string of the molecule is CN(Cc1ccc(Cl)s1)c1ccc(C#N)nc1. The average Bonchev–Trinajstić information content (AvgIpc) is 2.75. The molecule has 86 valence electrons. The van der Waals surface area contributed by atoms with Gasteiger partial charge in [-0.25, -0.2) is 4.98 Å². The van der Waals surface area contributed by atoms with Crippen molar-refractivity contribution in [1.29, 1.82) is 5.26 Å². The highest BCUT2D eigenvalue weighted by atomic mass is 35.5. The maximum Gasteiger partial charge on any atom is 0.140 e. The van der Waals surface area contributed by atoms with Crippen LogP contribution >= 0.6 is 22.9 Å². The van der Waals surface area contributed by atoms with Crippen molar-refractivity contribution < 1.29 is 0 Å². The molecule has 17 heavy (non-hydrogen) atoms. The molecule has 0 bridgehead atoms. The first kappa shape index (κ1) is 11.9. The Morgan fingerprint density at radius 2 is 2.24 bits per heavy atom. The van der Waals surface area contributed by atoms with Gasteiger partial charge in [-0.2, -0.15) is 5.26 Å². The van der Waals surface area contributed by atoms with E-state index in [9.17, 15) is 0 Å². The van der Waals surface area contributed by atoms with Gasteiger partial charge in [0.15, 0.2) is 0 Å². The molecule has 2 heterocycles. The number of rotatable bonds is 3. The van der Waals surface area contributed by atoms with E-state index in [1.807, 2.05) is 31.3 Å². The van der Waals surface area contributed by atoms with Crippen LogP contribution in [0.1, 0.15) is 10.6 Å². The van der Waals surface area contributed by atoms with E-state index in [0.29, 0.717) is 5.69 Å². The van der Waals surface area contributed by atoms with Gasteiger partial charge in [0, 0.05) is 11.9 Å². The highest BCUT2D eigenvalue weighted by Crippen LogP contribution is 2.24. The van der Waals surface area contributed by atoms with Crippen molar-refractivity contribution in [1.82, 2.24) is 4.98 Å². The molecule has 2 aromatic rings. The van der Waals surface area contributed by atoms with Crippen LogP contribution in [0.5, 0.6) is 0 Å². The van der Waals surface area contributed by atoms with Gasteiger partial charge >= 0.3 is 0 Å². The van der Waals surface area contributed by atoms with E-state index in [1.165, 1.54) is 4.88 Å². The maximum absolute atomic E-state index is 8.67. The Morgan fingerprint density at radius 1 is 1.41 bits per heavy atom. The Morgan fingerprint density at radius 3 is 2.76 bits per heavy atom. The second kappa shape index (κ2) is 5.17. The van der Waals surface area contributed by atoms with Crippen LogP contribution in [0.2, 0.25) is 4.34 Å². The lowest BCUT2D eigenvalue weighted by atomic mass is 10.3. The van der Waals surface area contributed by atoms with Crippen LogP contribution in [-0.4, -0.2) is 12.0 Å². The first-order valence-electron chi connectivity index (χ1n) is 5.00. The van der Waals surface area contributed by atoms with Crippen LogP contribution < -0.4 is 4.90 Å². The summed E-state index contributed by atoms with van der Waals surface area (Å²) in [5.41, 5.74) is 1.41. The second-order valence-electron chi connectivity index (χ2n) is 3.58. The number of pyridine rings is 1. The topological polar surface area (TPSA) is 39.9 Å². The van der Waals surface area contributed by atoms with Crippen molar-refractivity contribution in [3.05, 3.63) is 45.4 Å². The molecule has 0 N–H and O–H groups in total. The van der Waals surface area contributed by atoms with Crippen LogP contribution in [0.25, 0.3) is 0 Å². The van der Waals surface area contributed by atoms with Gasteiger partial charge in [0.1, 0.15) is 11.8 Å². The summed E-state index contributed by atoms with van der Waals surface area (Å²) in [6.07, 6.45) is 1.70. The molecular weight excluding hydrogens is 254 g/mol. The van der Waals surface area contributed by atoms with Gasteiger partial charge in [-0.05, 0) is 24.3 Å². The maximum atomic E-state index is 8.67. The van der Waals surface area contributed by atoms with Crippen molar-refractivity contribution in [3.8, 4) is 6.07 Å². The third-order valence-corrected chi connectivity index (χ3v) is 3.54. The predicted molar refractivity (Wildman–Crippen MR) is 70.4 cm³/mol. The third kappa shape index (κ3) is 2.96. The van der Waals surface area contributed by atoms with Gasteiger partial charge in [0.25, 0.3) is 0 Å². The minimum atomic E-state index is 0.432.